The monoisotopic (exact) mass is 791 g/mol. The molecule has 0 saturated heterocycles. The minimum atomic E-state index is -0.0590. The largest absolute Gasteiger partial charge is 0.399 e. The summed E-state index contributed by atoms with van der Waals surface area (Å²) in [5, 5.41) is 14.3. The Morgan fingerprint density at radius 2 is 0.951 bits per heavy atom. The lowest BCUT2D eigenvalue weighted by molar-refractivity contribution is 0.591. The number of nitrogens with two attached hydrogens (primary N) is 1. The van der Waals surface area contributed by atoms with Gasteiger partial charge in [0.25, 0.3) is 0 Å². The number of anilines is 1. The number of benzene rings is 7. The summed E-state index contributed by atoms with van der Waals surface area (Å²) in [7, 11) is 0. The van der Waals surface area contributed by atoms with Crippen molar-refractivity contribution >= 4 is 49.3 Å². The number of nitrogen functional groups attached to an aromatic ring is 1. The van der Waals surface area contributed by atoms with Crippen LogP contribution in [0.1, 0.15) is 58.2 Å². The second-order valence-corrected chi connectivity index (χ2v) is 18.0. The first kappa shape index (κ1) is 37.7. The third kappa shape index (κ3) is 6.48. The van der Waals surface area contributed by atoms with Crippen LogP contribution in [0.3, 0.4) is 0 Å². The molecule has 0 aliphatic rings. The van der Waals surface area contributed by atoms with Gasteiger partial charge in [-0.3, -0.25) is 0 Å². The quantitative estimate of drug-likeness (QED) is 0.175. The van der Waals surface area contributed by atoms with Crippen LogP contribution in [-0.2, 0) is 10.8 Å². The summed E-state index contributed by atoms with van der Waals surface area (Å²) in [6, 6.07) is 54.8. The first-order valence-corrected chi connectivity index (χ1v) is 20.7. The van der Waals surface area contributed by atoms with Gasteiger partial charge in [-0.15, -0.1) is 0 Å². The molecule has 61 heavy (non-hydrogen) atoms. The molecule has 7 nitrogen and oxygen atoms in total. The second kappa shape index (κ2) is 14.0. The van der Waals surface area contributed by atoms with Crippen molar-refractivity contribution < 1.29 is 0 Å². The minimum Gasteiger partial charge on any atom is -0.399 e. The van der Waals surface area contributed by atoms with E-state index in [4.69, 9.17) is 20.7 Å². The molecule has 7 aromatic carbocycles. The van der Waals surface area contributed by atoms with Crippen LogP contribution in [0.25, 0.3) is 89.2 Å². The smallest absolute Gasteiger partial charge is 0.166 e. The molecule has 10 rings (SSSR count). The molecule has 2 N–H and O–H groups in total. The fourth-order valence-corrected chi connectivity index (χ4v) is 8.57. The van der Waals surface area contributed by atoms with Crippen LogP contribution < -0.4 is 5.73 Å². The predicted molar refractivity (Wildman–Crippen MR) is 251 cm³/mol. The maximum absolute atomic E-state index is 10.0. The predicted octanol–water partition coefficient (Wildman–Crippen LogP) is 13.1. The number of hydrogen-bond acceptors (Lipinski definition) is 5. The van der Waals surface area contributed by atoms with Crippen molar-refractivity contribution in [3.8, 4) is 51.6 Å². The molecule has 0 aliphatic heterocycles. The van der Waals surface area contributed by atoms with Gasteiger partial charge >= 0.3 is 0 Å². The number of hydrogen-bond donors (Lipinski definition) is 1. The summed E-state index contributed by atoms with van der Waals surface area (Å²) in [6.45, 7) is 13.4. The fourth-order valence-electron chi connectivity index (χ4n) is 8.57. The van der Waals surface area contributed by atoms with Crippen molar-refractivity contribution in [1.29, 1.82) is 5.26 Å². The van der Waals surface area contributed by atoms with Gasteiger partial charge in [0.15, 0.2) is 17.5 Å². The molecule has 10 aromatic rings. The van der Waals surface area contributed by atoms with Gasteiger partial charge in [-0.25, -0.2) is 15.0 Å². The Balaban J connectivity index is 1.32. The Bertz CT molecular complexity index is 3330. The van der Waals surface area contributed by atoms with Gasteiger partial charge in [0.2, 0.25) is 0 Å². The second-order valence-electron chi connectivity index (χ2n) is 18.0. The molecule has 3 heterocycles. The van der Waals surface area contributed by atoms with Gasteiger partial charge in [-0.2, -0.15) is 5.26 Å². The summed E-state index contributed by atoms with van der Waals surface area (Å²) < 4.78 is 4.62. The van der Waals surface area contributed by atoms with Crippen LogP contribution in [0, 0.1) is 11.3 Å². The standard InChI is InChI=1S/C54H45N7/c1-53(2,3)36-18-23-46-41(28-36)40-27-33(32-55)17-22-45(40)60(46)39-21-26-49(61-47-24-19-37(54(4,5)6)29-42(47)43-30-38(56)20-25-48(43)61)44(31-39)52-58-50(34-13-9-7-10-14-34)57-51(59-52)35-15-11-8-12-16-35/h7-31H,56H2,1-6H3. The molecule has 296 valence electrons. The van der Waals surface area contributed by atoms with Gasteiger partial charge in [0.05, 0.1) is 39.4 Å². The SMILES string of the molecule is CC(C)(C)c1ccc2c(c1)c1cc(C#N)ccc1n2-c1ccc(-n2c3ccc(N)cc3c3cc(C(C)(C)C)ccc32)c(-c2nc(-c3ccccc3)nc(-c3ccccc3)n2)c1. The first-order chi connectivity index (χ1) is 29.4. The third-order valence-electron chi connectivity index (χ3n) is 11.8. The molecular formula is C54H45N7. The highest BCUT2D eigenvalue weighted by Gasteiger charge is 2.24. The zero-order chi connectivity index (χ0) is 42.2. The normalized spacial score (nSPS) is 12.1. The van der Waals surface area contributed by atoms with Crippen molar-refractivity contribution in [1.82, 2.24) is 24.1 Å². The zero-order valence-corrected chi connectivity index (χ0v) is 35.2. The Morgan fingerprint density at radius 3 is 1.49 bits per heavy atom. The van der Waals surface area contributed by atoms with Gasteiger partial charge in [0.1, 0.15) is 0 Å². The van der Waals surface area contributed by atoms with E-state index in [-0.39, 0.29) is 10.8 Å². The maximum Gasteiger partial charge on any atom is 0.166 e. The van der Waals surface area contributed by atoms with E-state index in [1.54, 1.807) is 0 Å². The van der Waals surface area contributed by atoms with E-state index in [0.29, 0.717) is 28.7 Å². The Hall–Kier alpha value is -7.56. The Kier molecular flexibility index (Phi) is 8.67. The van der Waals surface area contributed by atoms with Gasteiger partial charge in [-0.1, -0.05) is 114 Å². The molecule has 0 aliphatic carbocycles. The van der Waals surface area contributed by atoms with Gasteiger partial charge in [0, 0.05) is 49.6 Å². The average molecular weight is 792 g/mol. The van der Waals surface area contributed by atoms with Gasteiger partial charge < -0.3 is 14.9 Å². The van der Waals surface area contributed by atoms with Crippen LogP contribution in [-0.4, -0.2) is 24.1 Å². The van der Waals surface area contributed by atoms with Crippen LogP contribution in [0.2, 0.25) is 0 Å². The van der Waals surface area contributed by atoms with E-state index in [1.807, 2.05) is 78.9 Å². The number of aromatic nitrogens is 5. The summed E-state index contributed by atoms with van der Waals surface area (Å²) in [6.07, 6.45) is 0. The van der Waals surface area contributed by atoms with Crippen molar-refractivity contribution in [2.75, 3.05) is 5.73 Å². The molecular weight excluding hydrogens is 747 g/mol. The molecule has 0 amide bonds. The summed E-state index contributed by atoms with van der Waals surface area (Å²) in [5.74, 6) is 1.71. The summed E-state index contributed by atoms with van der Waals surface area (Å²) in [5.41, 5.74) is 18.8. The maximum atomic E-state index is 10.0. The number of fused-ring (bicyclic) bond motifs is 6. The van der Waals surface area contributed by atoms with Gasteiger partial charge in [-0.05, 0) is 101 Å². The molecule has 0 saturated carbocycles. The highest BCUT2D eigenvalue weighted by molar-refractivity contribution is 6.12. The van der Waals surface area contributed by atoms with Crippen molar-refractivity contribution in [3.63, 3.8) is 0 Å². The number of nitrogens with zero attached hydrogens (tertiary/aromatic N) is 6. The number of rotatable bonds is 5. The van der Waals surface area contributed by atoms with Crippen LogP contribution in [0.4, 0.5) is 5.69 Å². The van der Waals surface area contributed by atoms with E-state index in [1.165, 1.54) is 11.1 Å². The molecule has 0 bridgehead atoms. The highest BCUT2D eigenvalue weighted by Crippen LogP contribution is 2.41. The Morgan fingerprint density at radius 1 is 0.475 bits per heavy atom. The van der Waals surface area contributed by atoms with Crippen LogP contribution in [0.5, 0.6) is 0 Å². The van der Waals surface area contributed by atoms with E-state index in [0.717, 1.165) is 71.7 Å². The minimum absolute atomic E-state index is 0.0493. The van der Waals surface area contributed by atoms with Crippen molar-refractivity contribution in [2.24, 2.45) is 0 Å². The molecule has 3 aromatic heterocycles. The lowest BCUT2D eigenvalue weighted by atomic mass is 9.86. The van der Waals surface area contributed by atoms with E-state index >= 15 is 0 Å². The van der Waals surface area contributed by atoms with E-state index < -0.39 is 0 Å². The average Bonchev–Trinajstić information content (AvgIpc) is 3.77. The summed E-state index contributed by atoms with van der Waals surface area (Å²) >= 11 is 0. The molecule has 0 radical (unpaired) electrons. The van der Waals surface area contributed by atoms with Crippen LogP contribution in [0.15, 0.2) is 152 Å². The number of nitriles is 1. The topological polar surface area (TPSA) is 98.3 Å². The van der Waals surface area contributed by atoms with Crippen LogP contribution >= 0.6 is 0 Å². The molecule has 7 heteroatoms. The summed E-state index contributed by atoms with van der Waals surface area (Å²) in [4.78, 5) is 15.7. The molecule has 0 fully saturated rings. The lowest BCUT2D eigenvalue weighted by Crippen LogP contribution is -2.10. The highest BCUT2D eigenvalue weighted by atomic mass is 15.1. The van der Waals surface area contributed by atoms with E-state index in [2.05, 4.69) is 130 Å². The van der Waals surface area contributed by atoms with Crippen molar-refractivity contribution in [3.05, 3.63) is 168 Å². The Labute approximate surface area is 355 Å². The zero-order valence-electron chi connectivity index (χ0n) is 35.2. The lowest BCUT2D eigenvalue weighted by Gasteiger charge is -2.20. The third-order valence-corrected chi connectivity index (χ3v) is 11.8. The van der Waals surface area contributed by atoms with Crippen molar-refractivity contribution in [2.45, 2.75) is 52.4 Å². The first-order valence-electron chi connectivity index (χ1n) is 20.7. The van der Waals surface area contributed by atoms with E-state index in [9.17, 15) is 5.26 Å². The fraction of sp³-hybridized carbons (Fsp3) is 0.148. The molecule has 0 spiro atoms. The molecule has 0 unspecified atom stereocenters. The molecule has 0 atom stereocenters.